The molecule has 0 rings (SSSR count). The summed E-state index contributed by atoms with van der Waals surface area (Å²) in [5.41, 5.74) is 0. The van der Waals surface area contributed by atoms with Crippen LogP contribution in [0, 0.1) is 11.8 Å². The molecule has 0 saturated carbocycles. The van der Waals surface area contributed by atoms with Crippen LogP contribution in [0.4, 0.5) is 0 Å². The fourth-order valence-corrected chi connectivity index (χ4v) is 3.07. The van der Waals surface area contributed by atoms with E-state index in [0.29, 0.717) is 0 Å². The van der Waals surface area contributed by atoms with Gasteiger partial charge in [0.25, 0.3) is 0 Å². The third kappa shape index (κ3) is 12.3. The molecule has 0 amide bonds. The van der Waals surface area contributed by atoms with Crippen molar-refractivity contribution in [3.8, 4) is 0 Å². The van der Waals surface area contributed by atoms with Crippen LogP contribution in [0.15, 0.2) is 12.2 Å². The molecule has 0 aromatic carbocycles. The first-order chi connectivity index (χ1) is 8.20. The number of hydrogen-bond donors (Lipinski definition) is 0. The lowest BCUT2D eigenvalue weighted by Crippen LogP contribution is -2.03. The lowest BCUT2D eigenvalue weighted by Gasteiger charge is -2.16. The molecule has 1 atom stereocenters. The van der Waals surface area contributed by atoms with Crippen LogP contribution in [0.5, 0.6) is 0 Å². The van der Waals surface area contributed by atoms with E-state index >= 15 is 0 Å². The Morgan fingerprint density at radius 3 is 2.41 bits per heavy atom. The van der Waals surface area contributed by atoms with Crippen molar-refractivity contribution in [2.45, 2.75) is 66.2 Å². The van der Waals surface area contributed by atoms with Gasteiger partial charge in [-0.05, 0) is 55.9 Å². The summed E-state index contributed by atoms with van der Waals surface area (Å²) in [7, 11) is 0. The summed E-state index contributed by atoms with van der Waals surface area (Å²) in [6.07, 6.45) is 12.8. The normalized spacial score (nSPS) is 13.7. The van der Waals surface area contributed by atoms with E-state index in [2.05, 4.69) is 51.6 Å². The highest BCUT2D eigenvalue weighted by Gasteiger charge is 2.08. The highest BCUT2D eigenvalue weighted by Crippen LogP contribution is 2.22. The van der Waals surface area contributed by atoms with Crippen LogP contribution in [-0.4, -0.2) is 11.5 Å². The van der Waals surface area contributed by atoms with Crippen LogP contribution >= 0.6 is 11.8 Å². The van der Waals surface area contributed by atoms with Gasteiger partial charge in [0.2, 0.25) is 0 Å². The van der Waals surface area contributed by atoms with Crippen molar-refractivity contribution >= 4 is 11.8 Å². The molecule has 0 nitrogen and oxygen atoms in total. The van der Waals surface area contributed by atoms with E-state index in [-0.39, 0.29) is 0 Å². The number of hydrogen-bond acceptors (Lipinski definition) is 1. The first-order valence-corrected chi connectivity index (χ1v) is 8.55. The molecule has 0 aliphatic heterocycles. The Hall–Kier alpha value is 0.0900. The fraction of sp³-hybridized carbons (Fsp3) is 0.875. The SMILES string of the molecule is C/C=C\CC(CCSCCCC)CCC(C)C. The summed E-state index contributed by atoms with van der Waals surface area (Å²) >= 11 is 2.15. The smallest absolute Gasteiger partial charge is 0.00648 e. The second-order valence-electron chi connectivity index (χ2n) is 5.40. The summed E-state index contributed by atoms with van der Waals surface area (Å²) in [6.45, 7) is 9.08. The summed E-state index contributed by atoms with van der Waals surface area (Å²) < 4.78 is 0. The van der Waals surface area contributed by atoms with Gasteiger partial charge in [-0.1, -0.05) is 45.8 Å². The molecule has 1 unspecified atom stereocenters. The van der Waals surface area contributed by atoms with Crippen molar-refractivity contribution in [1.29, 1.82) is 0 Å². The zero-order valence-corrected chi connectivity index (χ0v) is 13.2. The number of rotatable bonds is 11. The summed E-state index contributed by atoms with van der Waals surface area (Å²) in [5, 5.41) is 0. The molecule has 102 valence electrons. The van der Waals surface area contributed by atoms with Gasteiger partial charge in [-0.3, -0.25) is 0 Å². The Kier molecular flexibility index (Phi) is 12.6. The lowest BCUT2D eigenvalue weighted by atomic mass is 9.93. The minimum Gasteiger partial charge on any atom is -0.162 e. The first kappa shape index (κ1) is 17.1. The van der Waals surface area contributed by atoms with Gasteiger partial charge in [0.15, 0.2) is 0 Å². The predicted octanol–water partition coefficient (Wildman–Crippen LogP) is 5.93. The standard InChI is InChI=1S/C16H32S/c1-5-7-9-16(11-10-15(3)4)12-14-17-13-8-6-2/h5,7,15-16H,6,8-14H2,1-4H3/b7-5-. The van der Waals surface area contributed by atoms with Gasteiger partial charge in [-0.15, -0.1) is 0 Å². The molecule has 0 spiro atoms. The number of allylic oxidation sites excluding steroid dienone is 2. The summed E-state index contributed by atoms with van der Waals surface area (Å²) in [5.74, 6) is 4.50. The molecule has 0 N–H and O–H groups in total. The minimum atomic E-state index is 0.857. The summed E-state index contributed by atoms with van der Waals surface area (Å²) in [6, 6.07) is 0. The molecule has 0 fully saturated rings. The monoisotopic (exact) mass is 256 g/mol. The molecule has 0 aromatic rings. The Balaban J connectivity index is 3.68. The zero-order valence-electron chi connectivity index (χ0n) is 12.4. The maximum Gasteiger partial charge on any atom is -0.00648 e. The van der Waals surface area contributed by atoms with Gasteiger partial charge in [0, 0.05) is 0 Å². The van der Waals surface area contributed by atoms with Crippen molar-refractivity contribution in [2.75, 3.05) is 11.5 Å². The van der Waals surface area contributed by atoms with Crippen LogP contribution in [0.1, 0.15) is 66.2 Å². The molecule has 1 heteroatoms. The fourth-order valence-electron chi connectivity index (χ4n) is 1.88. The Bertz CT molecular complexity index is 172. The lowest BCUT2D eigenvalue weighted by molar-refractivity contribution is 0.418. The Morgan fingerprint density at radius 1 is 1.06 bits per heavy atom. The van der Waals surface area contributed by atoms with Gasteiger partial charge >= 0.3 is 0 Å². The second-order valence-corrected chi connectivity index (χ2v) is 6.62. The van der Waals surface area contributed by atoms with E-state index in [1.807, 2.05) is 0 Å². The topological polar surface area (TPSA) is 0 Å². The molecule has 0 radical (unpaired) electrons. The molecule has 0 bridgehead atoms. The number of thioether (sulfide) groups is 1. The minimum absolute atomic E-state index is 0.857. The average Bonchev–Trinajstić information content (AvgIpc) is 2.31. The Labute approximate surface area is 114 Å². The van der Waals surface area contributed by atoms with Gasteiger partial charge in [0.1, 0.15) is 0 Å². The molecular weight excluding hydrogens is 224 g/mol. The van der Waals surface area contributed by atoms with Crippen LogP contribution in [0.25, 0.3) is 0 Å². The van der Waals surface area contributed by atoms with E-state index in [9.17, 15) is 0 Å². The summed E-state index contributed by atoms with van der Waals surface area (Å²) in [4.78, 5) is 0. The average molecular weight is 256 g/mol. The highest BCUT2D eigenvalue weighted by atomic mass is 32.2. The van der Waals surface area contributed by atoms with Crippen LogP contribution in [0.3, 0.4) is 0 Å². The largest absolute Gasteiger partial charge is 0.162 e. The van der Waals surface area contributed by atoms with Crippen LogP contribution in [0.2, 0.25) is 0 Å². The molecule has 17 heavy (non-hydrogen) atoms. The molecule has 0 saturated heterocycles. The molecule has 0 aliphatic rings. The molecule has 0 aromatic heterocycles. The van der Waals surface area contributed by atoms with Crippen molar-refractivity contribution in [2.24, 2.45) is 11.8 Å². The zero-order chi connectivity index (χ0) is 12.9. The van der Waals surface area contributed by atoms with E-state index in [0.717, 1.165) is 11.8 Å². The quantitative estimate of drug-likeness (QED) is 0.326. The van der Waals surface area contributed by atoms with Gasteiger partial charge in [0.05, 0.1) is 0 Å². The van der Waals surface area contributed by atoms with Crippen LogP contribution < -0.4 is 0 Å². The third-order valence-electron chi connectivity index (χ3n) is 3.17. The molecular formula is C16H32S. The number of unbranched alkanes of at least 4 members (excludes halogenated alkanes) is 1. The Morgan fingerprint density at radius 2 is 1.82 bits per heavy atom. The van der Waals surface area contributed by atoms with Crippen LogP contribution in [-0.2, 0) is 0 Å². The molecule has 0 heterocycles. The third-order valence-corrected chi connectivity index (χ3v) is 4.27. The molecule has 0 aliphatic carbocycles. The predicted molar refractivity (Wildman–Crippen MR) is 83.8 cm³/mol. The van der Waals surface area contributed by atoms with Crippen molar-refractivity contribution in [3.05, 3.63) is 12.2 Å². The van der Waals surface area contributed by atoms with E-state index in [4.69, 9.17) is 0 Å². The van der Waals surface area contributed by atoms with Gasteiger partial charge < -0.3 is 0 Å². The van der Waals surface area contributed by atoms with E-state index in [1.54, 1.807) is 0 Å². The van der Waals surface area contributed by atoms with E-state index < -0.39 is 0 Å². The second kappa shape index (κ2) is 12.5. The van der Waals surface area contributed by atoms with Gasteiger partial charge in [-0.2, -0.15) is 11.8 Å². The van der Waals surface area contributed by atoms with E-state index in [1.165, 1.54) is 50.0 Å². The van der Waals surface area contributed by atoms with Crippen molar-refractivity contribution < 1.29 is 0 Å². The van der Waals surface area contributed by atoms with Crippen molar-refractivity contribution in [3.63, 3.8) is 0 Å². The maximum atomic E-state index is 2.35. The van der Waals surface area contributed by atoms with Crippen molar-refractivity contribution in [1.82, 2.24) is 0 Å². The highest BCUT2D eigenvalue weighted by molar-refractivity contribution is 7.99. The first-order valence-electron chi connectivity index (χ1n) is 7.39. The maximum absolute atomic E-state index is 2.35. The van der Waals surface area contributed by atoms with Gasteiger partial charge in [-0.25, -0.2) is 0 Å².